The number of para-hydroxylation sites is 1. The number of benzene rings is 3. The Labute approximate surface area is 161 Å². The summed E-state index contributed by atoms with van der Waals surface area (Å²) in [4.78, 5) is 4.94. The second-order valence-electron chi connectivity index (χ2n) is 7.17. The highest BCUT2D eigenvalue weighted by Crippen LogP contribution is 2.40. The molecule has 0 spiro atoms. The van der Waals surface area contributed by atoms with Gasteiger partial charge in [-0.25, -0.2) is 0 Å². The summed E-state index contributed by atoms with van der Waals surface area (Å²) in [5.74, 6) is 0.929. The van der Waals surface area contributed by atoms with Crippen LogP contribution in [0.25, 0.3) is 0 Å². The molecule has 138 valence electrons. The Bertz CT molecular complexity index is 849. The zero-order chi connectivity index (χ0) is 18.8. The van der Waals surface area contributed by atoms with Gasteiger partial charge in [0, 0.05) is 30.0 Å². The van der Waals surface area contributed by atoms with Gasteiger partial charge in [0.1, 0.15) is 11.9 Å². The molecule has 27 heavy (non-hydrogen) atoms. The molecule has 1 aliphatic heterocycles. The van der Waals surface area contributed by atoms with E-state index in [4.69, 9.17) is 4.74 Å². The van der Waals surface area contributed by atoms with E-state index in [1.807, 2.05) is 12.1 Å². The van der Waals surface area contributed by atoms with E-state index in [-0.39, 0.29) is 6.17 Å². The summed E-state index contributed by atoms with van der Waals surface area (Å²) >= 11 is 0. The summed E-state index contributed by atoms with van der Waals surface area (Å²) in [6, 6.07) is 26.0. The van der Waals surface area contributed by atoms with Crippen molar-refractivity contribution in [2.24, 2.45) is 0 Å². The Morgan fingerprint density at radius 2 is 1.19 bits per heavy atom. The fourth-order valence-corrected chi connectivity index (χ4v) is 3.86. The fraction of sp³-hybridized carbons (Fsp3) is 0.250. The minimum absolute atomic E-state index is 0.103. The molecule has 0 bridgehead atoms. The number of nitrogens with zero attached hydrogens (tertiary/aromatic N) is 2. The summed E-state index contributed by atoms with van der Waals surface area (Å²) < 4.78 is 5.71. The van der Waals surface area contributed by atoms with Crippen molar-refractivity contribution < 1.29 is 4.74 Å². The van der Waals surface area contributed by atoms with Crippen LogP contribution in [-0.2, 0) is 0 Å². The van der Waals surface area contributed by atoms with E-state index in [9.17, 15) is 0 Å². The van der Waals surface area contributed by atoms with Gasteiger partial charge in [0.05, 0.1) is 7.11 Å². The number of hydrogen-bond acceptors (Lipinski definition) is 3. The topological polar surface area (TPSA) is 15.7 Å². The molecule has 0 radical (unpaired) electrons. The maximum atomic E-state index is 5.71. The molecule has 0 N–H and O–H groups in total. The van der Waals surface area contributed by atoms with Crippen molar-refractivity contribution in [3.05, 3.63) is 89.5 Å². The Hall–Kier alpha value is -2.94. The van der Waals surface area contributed by atoms with Gasteiger partial charge in [0.2, 0.25) is 0 Å². The molecule has 1 saturated heterocycles. The van der Waals surface area contributed by atoms with Crippen LogP contribution >= 0.6 is 0 Å². The highest BCUT2D eigenvalue weighted by atomic mass is 16.5. The number of aryl methyl sites for hydroxylation is 2. The first kappa shape index (κ1) is 17.5. The van der Waals surface area contributed by atoms with E-state index < -0.39 is 0 Å². The maximum Gasteiger partial charge on any atom is 0.132 e. The fourth-order valence-electron chi connectivity index (χ4n) is 3.86. The van der Waals surface area contributed by atoms with Crippen LogP contribution in [0.3, 0.4) is 0 Å². The number of hydrogen-bond donors (Lipinski definition) is 0. The van der Waals surface area contributed by atoms with Gasteiger partial charge < -0.3 is 14.5 Å². The highest BCUT2D eigenvalue weighted by molar-refractivity contribution is 5.61. The molecule has 1 fully saturated rings. The molecule has 0 saturated carbocycles. The van der Waals surface area contributed by atoms with Crippen molar-refractivity contribution in [3.8, 4) is 5.75 Å². The lowest BCUT2D eigenvalue weighted by Gasteiger charge is -2.34. The predicted molar refractivity (Wildman–Crippen MR) is 113 cm³/mol. The zero-order valence-electron chi connectivity index (χ0n) is 16.2. The molecule has 0 amide bonds. The molecule has 0 unspecified atom stereocenters. The van der Waals surface area contributed by atoms with Gasteiger partial charge in [-0.15, -0.1) is 0 Å². The predicted octanol–water partition coefficient (Wildman–Crippen LogP) is 5.34. The van der Waals surface area contributed by atoms with E-state index in [1.54, 1.807) is 7.11 Å². The van der Waals surface area contributed by atoms with Crippen molar-refractivity contribution in [3.63, 3.8) is 0 Å². The molecule has 3 heteroatoms. The first-order valence-corrected chi connectivity index (χ1v) is 9.47. The third-order valence-electron chi connectivity index (χ3n) is 5.32. The average molecular weight is 358 g/mol. The normalized spacial score (nSPS) is 14.6. The SMILES string of the molecule is COc1ccccc1C1N(c2ccc(C)cc2)CCN1c1ccc(C)cc1. The van der Waals surface area contributed by atoms with Crippen LogP contribution in [0.15, 0.2) is 72.8 Å². The maximum absolute atomic E-state index is 5.71. The highest BCUT2D eigenvalue weighted by Gasteiger charge is 2.35. The summed E-state index contributed by atoms with van der Waals surface area (Å²) in [6.45, 7) is 6.20. The van der Waals surface area contributed by atoms with Crippen molar-refractivity contribution in [1.29, 1.82) is 0 Å². The molecule has 0 atom stereocenters. The first-order chi connectivity index (χ1) is 13.2. The van der Waals surface area contributed by atoms with Crippen LogP contribution in [0.5, 0.6) is 5.75 Å². The van der Waals surface area contributed by atoms with Crippen LogP contribution in [-0.4, -0.2) is 20.2 Å². The summed E-state index contributed by atoms with van der Waals surface area (Å²) in [6.07, 6.45) is 0.103. The summed E-state index contributed by atoms with van der Waals surface area (Å²) in [5, 5.41) is 0. The molecule has 0 aliphatic carbocycles. The van der Waals surface area contributed by atoms with Crippen molar-refractivity contribution in [1.82, 2.24) is 0 Å². The average Bonchev–Trinajstić information content (AvgIpc) is 3.14. The van der Waals surface area contributed by atoms with Gasteiger partial charge >= 0.3 is 0 Å². The van der Waals surface area contributed by atoms with Gasteiger partial charge in [-0.2, -0.15) is 0 Å². The number of methoxy groups -OCH3 is 1. The van der Waals surface area contributed by atoms with Crippen LogP contribution in [0.4, 0.5) is 11.4 Å². The van der Waals surface area contributed by atoms with E-state index >= 15 is 0 Å². The number of ether oxygens (including phenoxy) is 1. The zero-order valence-corrected chi connectivity index (χ0v) is 16.2. The molecule has 3 aromatic rings. The molecule has 3 nitrogen and oxygen atoms in total. The second-order valence-corrected chi connectivity index (χ2v) is 7.17. The van der Waals surface area contributed by atoms with Crippen molar-refractivity contribution in [2.45, 2.75) is 20.0 Å². The molecule has 1 heterocycles. The third-order valence-corrected chi connectivity index (χ3v) is 5.32. The van der Waals surface area contributed by atoms with Gasteiger partial charge in [0.25, 0.3) is 0 Å². The van der Waals surface area contributed by atoms with Gasteiger partial charge in [-0.3, -0.25) is 0 Å². The molecular formula is C24H26N2O. The Morgan fingerprint density at radius 1 is 0.704 bits per heavy atom. The molecular weight excluding hydrogens is 332 g/mol. The van der Waals surface area contributed by atoms with E-state index in [2.05, 4.69) is 84.3 Å². The summed E-state index contributed by atoms with van der Waals surface area (Å²) in [5.41, 5.74) is 6.24. The van der Waals surface area contributed by atoms with E-state index in [0.29, 0.717) is 0 Å². The lowest BCUT2D eigenvalue weighted by molar-refractivity contribution is 0.405. The van der Waals surface area contributed by atoms with Crippen molar-refractivity contribution >= 4 is 11.4 Å². The van der Waals surface area contributed by atoms with Crippen molar-refractivity contribution in [2.75, 3.05) is 30.0 Å². The second kappa shape index (κ2) is 7.36. The first-order valence-electron chi connectivity index (χ1n) is 9.47. The quantitative estimate of drug-likeness (QED) is 0.626. The number of rotatable bonds is 4. The number of anilines is 2. The third kappa shape index (κ3) is 3.37. The largest absolute Gasteiger partial charge is 0.496 e. The van der Waals surface area contributed by atoms with E-state index in [1.165, 1.54) is 28.1 Å². The lowest BCUT2D eigenvalue weighted by atomic mass is 10.1. The molecule has 3 aromatic carbocycles. The monoisotopic (exact) mass is 358 g/mol. The Balaban J connectivity index is 1.80. The Kier molecular flexibility index (Phi) is 4.76. The van der Waals surface area contributed by atoms with Crippen LogP contribution in [0.1, 0.15) is 22.9 Å². The van der Waals surface area contributed by atoms with Crippen LogP contribution < -0.4 is 14.5 Å². The Morgan fingerprint density at radius 3 is 1.67 bits per heavy atom. The molecule has 0 aromatic heterocycles. The van der Waals surface area contributed by atoms with Gasteiger partial charge in [-0.1, -0.05) is 53.6 Å². The smallest absolute Gasteiger partial charge is 0.132 e. The molecule has 4 rings (SSSR count). The van der Waals surface area contributed by atoms with E-state index in [0.717, 1.165) is 18.8 Å². The van der Waals surface area contributed by atoms with Gasteiger partial charge in [-0.05, 0) is 44.2 Å². The standard InChI is InChI=1S/C24H26N2O/c1-18-8-12-20(13-9-18)25-16-17-26(21-14-10-19(2)11-15-21)24(25)22-6-4-5-7-23(22)27-3/h4-15,24H,16-17H2,1-3H3. The van der Waals surface area contributed by atoms with Gasteiger partial charge in [0.15, 0.2) is 0 Å². The van der Waals surface area contributed by atoms with Crippen LogP contribution in [0.2, 0.25) is 0 Å². The molecule has 1 aliphatic rings. The van der Waals surface area contributed by atoms with Crippen LogP contribution in [0, 0.1) is 13.8 Å². The minimum Gasteiger partial charge on any atom is -0.496 e. The summed E-state index contributed by atoms with van der Waals surface area (Å²) in [7, 11) is 1.75. The lowest BCUT2D eigenvalue weighted by Crippen LogP contribution is -2.31. The minimum atomic E-state index is 0.103.